The molecular weight excluding hydrogens is 260 g/mol. The maximum Gasteiger partial charge on any atom is 0.212 e. The Kier molecular flexibility index (Phi) is 3.16. The zero-order chi connectivity index (χ0) is 13.2. The predicted octanol–water partition coefficient (Wildman–Crippen LogP) is 2.51. The fraction of sp³-hybridized carbons (Fsp3) is 0.231. The van der Waals surface area contributed by atoms with Crippen LogP contribution in [0, 0.1) is 0 Å². The van der Waals surface area contributed by atoms with Crippen LogP contribution >= 0.6 is 11.8 Å². The monoisotopic (exact) mass is 274 g/mol. The maximum absolute atomic E-state index is 5.37. The van der Waals surface area contributed by atoms with Crippen molar-refractivity contribution in [2.45, 2.75) is 17.5 Å². The molecule has 5 nitrogen and oxygen atoms in total. The number of hydrogen-bond acceptors (Lipinski definition) is 5. The van der Waals surface area contributed by atoms with Crippen molar-refractivity contribution in [3.63, 3.8) is 0 Å². The first-order valence-corrected chi connectivity index (χ1v) is 6.86. The summed E-state index contributed by atoms with van der Waals surface area (Å²) in [5.74, 6) is 1.56. The van der Waals surface area contributed by atoms with Crippen LogP contribution in [0.1, 0.15) is 6.92 Å². The maximum atomic E-state index is 5.37. The largest absolute Gasteiger partial charge is 0.496 e. The molecule has 19 heavy (non-hydrogen) atoms. The number of fused-ring (bicyclic) bond motifs is 1. The molecule has 6 heteroatoms. The molecule has 0 bridgehead atoms. The average molecular weight is 274 g/mol. The van der Waals surface area contributed by atoms with Gasteiger partial charge in [0.25, 0.3) is 0 Å². The Labute approximate surface area is 115 Å². The summed E-state index contributed by atoms with van der Waals surface area (Å²) in [7, 11) is 1.66. The standard InChI is InChI=1S/C13H14N4OS/c1-3-6-11-16-17-12(14-15-13(17)19-11)9-7-4-5-8-10(9)18-2/h3-8,11,16H,1-2H3/b6-3+. The van der Waals surface area contributed by atoms with Gasteiger partial charge in [-0.3, -0.25) is 0 Å². The SMILES string of the molecule is C/C=C/C1Nn2c(nnc2-c2ccccc2OC)S1. The lowest BCUT2D eigenvalue weighted by Crippen LogP contribution is -2.17. The van der Waals surface area contributed by atoms with E-state index in [9.17, 15) is 0 Å². The van der Waals surface area contributed by atoms with Crippen molar-refractivity contribution in [2.24, 2.45) is 0 Å². The first-order chi connectivity index (χ1) is 9.33. The van der Waals surface area contributed by atoms with Crippen molar-refractivity contribution in [3.05, 3.63) is 36.4 Å². The van der Waals surface area contributed by atoms with E-state index in [0.717, 1.165) is 22.3 Å². The summed E-state index contributed by atoms with van der Waals surface area (Å²) >= 11 is 1.64. The molecule has 0 spiro atoms. The normalized spacial score (nSPS) is 17.5. The van der Waals surface area contributed by atoms with Crippen LogP contribution in [0.15, 0.2) is 41.6 Å². The third kappa shape index (κ3) is 2.08. The van der Waals surface area contributed by atoms with Crippen LogP contribution < -0.4 is 10.2 Å². The number of methoxy groups -OCH3 is 1. The molecule has 3 rings (SSSR count). The Morgan fingerprint density at radius 3 is 3.00 bits per heavy atom. The molecule has 98 valence electrons. The molecule has 0 saturated heterocycles. The van der Waals surface area contributed by atoms with E-state index in [2.05, 4.69) is 21.7 Å². The van der Waals surface area contributed by atoms with E-state index < -0.39 is 0 Å². The van der Waals surface area contributed by atoms with Gasteiger partial charge in [0.1, 0.15) is 11.1 Å². The number of allylic oxidation sites excluding steroid dienone is 1. The van der Waals surface area contributed by atoms with E-state index in [1.54, 1.807) is 18.9 Å². The molecule has 1 aliphatic heterocycles. The van der Waals surface area contributed by atoms with Crippen LogP contribution in [0.25, 0.3) is 11.4 Å². The molecule has 0 saturated carbocycles. The lowest BCUT2D eigenvalue weighted by Gasteiger charge is -2.10. The summed E-state index contributed by atoms with van der Waals surface area (Å²) in [4.78, 5) is 0. The second-order valence-corrected chi connectivity index (χ2v) is 5.14. The van der Waals surface area contributed by atoms with Gasteiger partial charge in [0.05, 0.1) is 12.7 Å². The number of para-hydroxylation sites is 1. The molecule has 1 aliphatic rings. The molecule has 1 N–H and O–H groups in total. The van der Waals surface area contributed by atoms with E-state index in [0.29, 0.717) is 0 Å². The molecule has 2 aromatic rings. The van der Waals surface area contributed by atoms with Gasteiger partial charge in [-0.15, -0.1) is 10.2 Å². The summed E-state index contributed by atoms with van der Waals surface area (Å²) in [5, 5.41) is 9.50. The van der Waals surface area contributed by atoms with Gasteiger partial charge in [0, 0.05) is 0 Å². The number of nitrogens with one attached hydrogen (secondary N) is 1. The molecule has 0 radical (unpaired) electrons. The Morgan fingerprint density at radius 2 is 2.21 bits per heavy atom. The topological polar surface area (TPSA) is 52.0 Å². The minimum absolute atomic E-state index is 0.198. The fourth-order valence-electron chi connectivity index (χ4n) is 1.99. The number of ether oxygens (including phenoxy) is 1. The van der Waals surface area contributed by atoms with Gasteiger partial charge in [-0.25, -0.2) is 4.68 Å². The number of aromatic nitrogens is 3. The summed E-state index contributed by atoms with van der Waals surface area (Å²) in [6.07, 6.45) is 4.11. The first kappa shape index (κ1) is 12.1. The van der Waals surface area contributed by atoms with Gasteiger partial charge in [0.2, 0.25) is 5.16 Å². The van der Waals surface area contributed by atoms with Crippen LogP contribution in [0.5, 0.6) is 5.75 Å². The van der Waals surface area contributed by atoms with Crippen LogP contribution in [0.4, 0.5) is 0 Å². The summed E-state index contributed by atoms with van der Waals surface area (Å²) in [5.41, 5.74) is 4.27. The van der Waals surface area contributed by atoms with Gasteiger partial charge < -0.3 is 10.2 Å². The summed E-state index contributed by atoms with van der Waals surface area (Å²) in [6, 6.07) is 7.80. The average Bonchev–Trinajstić information content (AvgIpc) is 2.99. The number of benzene rings is 1. The summed E-state index contributed by atoms with van der Waals surface area (Å²) in [6.45, 7) is 2.00. The summed E-state index contributed by atoms with van der Waals surface area (Å²) < 4.78 is 7.28. The van der Waals surface area contributed by atoms with E-state index in [-0.39, 0.29) is 5.37 Å². The highest BCUT2D eigenvalue weighted by Gasteiger charge is 2.26. The molecule has 2 heterocycles. The Hall–Kier alpha value is -1.95. The number of nitrogens with zero attached hydrogens (tertiary/aromatic N) is 3. The van der Waals surface area contributed by atoms with Crippen molar-refractivity contribution in [3.8, 4) is 17.1 Å². The molecule has 1 atom stereocenters. The number of thioether (sulfide) groups is 1. The highest BCUT2D eigenvalue weighted by Crippen LogP contribution is 2.34. The molecule has 1 unspecified atom stereocenters. The van der Waals surface area contributed by atoms with Gasteiger partial charge in [-0.1, -0.05) is 36.0 Å². The van der Waals surface area contributed by atoms with Crippen molar-refractivity contribution in [1.82, 2.24) is 14.9 Å². The van der Waals surface area contributed by atoms with E-state index >= 15 is 0 Å². The fourth-order valence-corrected chi connectivity index (χ4v) is 2.94. The van der Waals surface area contributed by atoms with Gasteiger partial charge >= 0.3 is 0 Å². The highest BCUT2D eigenvalue weighted by molar-refractivity contribution is 8.00. The minimum atomic E-state index is 0.198. The number of rotatable bonds is 3. The van der Waals surface area contributed by atoms with Crippen LogP contribution in [0.3, 0.4) is 0 Å². The van der Waals surface area contributed by atoms with Crippen molar-refractivity contribution in [2.75, 3.05) is 12.5 Å². The number of hydrogen-bond donors (Lipinski definition) is 1. The van der Waals surface area contributed by atoms with Crippen molar-refractivity contribution >= 4 is 11.8 Å². The van der Waals surface area contributed by atoms with Gasteiger partial charge in [-0.05, 0) is 19.1 Å². The van der Waals surface area contributed by atoms with Crippen LogP contribution in [0.2, 0.25) is 0 Å². The zero-order valence-electron chi connectivity index (χ0n) is 10.7. The minimum Gasteiger partial charge on any atom is -0.496 e. The Bertz CT molecular complexity index is 623. The Balaban J connectivity index is 2.01. The third-order valence-corrected chi connectivity index (χ3v) is 3.83. The van der Waals surface area contributed by atoms with Crippen LogP contribution in [-0.4, -0.2) is 27.4 Å². The van der Waals surface area contributed by atoms with Gasteiger partial charge in [-0.2, -0.15) is 0 Å². The predicted molar refractivity (Wildman–Crippen MR) is 75.8 cm³/mol. The van der Waals surface area contributed by atoms with Crippen molar-refractivity contribution in [1.29, 1.82) is 0 Å². The first-order valence-electron chi connectivity index (χ1n) is 5.98. The molecule has 0 aliphatic carbocycles. The van der Waals surface area contributed by atoms with Crippen molar-refractivity contribution < 1.29 is 4.74 Å². The second-order valence-electron chi connectivity index (χ2n) is 4.04. The van der Waals surface area contributed by atoms with E-state index in [1.807, 2.05) is 41.9 Å². The molecular formula is C13H14N4OS. The second kappa shape index (κ2) is 4.97. The zero-order valence-corrected chi connectivity index (χ0v) is 11.5. The molecule has 1 aromatic carbocycles. The molecule has 0 fully saturated rings. The smallest absolute Gasteiger partial charge is 0.212 e. The Morgan fingerprint density at radius 1 is 1.37 bits per heavy atom. The van der Waals surface area contributed by atoms with E-state index in [1.165, 1.54) is 0 Å². The third-order valence-electron chi connectivity index (χ3n) is 2.84. The van der Waals surface area contributed by atoms with Crippen LogP contribution in [-0.2, 0) is 0 Å². The highest BCUT2D eigenvalue weighted by atomic mass is 32.2. The lowest BCUT2D eigenvalue weighted by molar-refractivity contribution is 0.416. The quantitative estimate of drug-likeness (QED) is 0.872. The molecule has 1 aromatic heterocycles. The van der Waals surface area contributed by atoms with E-state index in [4.69, 9.17) is 4.74 Å². The molecule has 0 amide bonds. The lowest BCUT2D eigenvalue weighted by atomic mass is 10.2. The van der Waals surface area contributed by atoms with Gasteiger partial charge in [0.15, 0.2) is 5.82 Å².